The monoisotopic (exact) mass is 530 g/mol. The molecule has 0 saturated carbocycles. The first-order valence-electron chi connectivity index (χ1n) is 13.2. The van der Waals surface area contributed by atoms with Gasteiger partial charge in [-0.15, -0.1) is 0 Å². The van der Waals surface area contributed by atoms with Gasteiger partial charge in [0.15, 0.2) is 5.78 Å². The molecule has 200 valence electrons. The third-order valence-electron chi connectivity index (χ3n) is 6.82. The Bertz CT molecular complexity index is 1660. The smallest absolute Gasteiger partial charge is 0.335 e. The second-order valence-electron chi connectivity index (χ2n) is 9.73. The van der Waals surface area contributed by atoms with E-state index in [-0.39, 0.29) is 18.1 Å². The highest BCUT2D eigenvalue weighted by Crippen LogP contribution is 2.23. The van der Waals surface area contributed by atoms with E-state index in [1.807, 2.05) is 48.5 Å². The van der Waals surface area contributed by atoms with E-state index in [1.54, 1.807) is 36.4 Å². The van der Waals surface area contributed by atoms with Crippen LogP contribution in [-0.4, -0.2) is 35.1 Å². The molecule has 0 fully saturated rings. The highest BCUT2D eigenvalue weighted by atomic mass is 16.4. The first kappa shape index (κ1) is 26.7. The molecule has 5 aromatic rings. The molecule has 5 rings (SSSR count). The molecule has 0 aliphatic carbocycles. The quantitative estimate of drug-likeness (QED) is 0.145. The Labute approximate surface area is 232 Å². The minimum Gasteiger partial charge on any atom is -0.508 e. The lowest BCUT2D eigenvalue weighted by molar-refractivity contribution is 0.0696. The van der Waals surface area contributed by atoms with E-state index in [2.05, 4.69) is 34.9 Å². The average Bonchev–Trinajstić information content (AvgIpc) is 2.97. The first-order chi connectivity index (χ1) is 19.4. The van der Waals surface area contributed by atoms with Gasteiger partial charge in [-0.3, -0.25) is 4.79 Å². The molecule has 0 saturated heterocycles. The van der Waals surface area contributed by atoms with Gasteiger partial charge in [0.1, 0.15) is 5.75 Å². The largest absolute Gasteiger partial charge is 0.508 e. The molecule has 4 N–H and O–H groups in total. The molecule has 0 amide bonds. The van der Waals surface area contributed by atoms with Crippen molar-refractivity contribution in [2.45, 2.75) is 13.0 Å². The topological polar surface area (TPSA) is 98.7 Å². The number of rotatable bonds is 11. The summed E-state index contributed by atoms with van der Waals surface area (Å²) in [5, 5.41) is 27.3. The zero-order valence-electron chi connectivity index (χ0n) is 21.9. The van der Waals surface area contributed by atoms with Crippen molar-refractivity contribution in [3.05, 3.63) is 131 Å². The summed E-state index contributed by atoms with van der Waals surface area (Å²) in [6, 6.07) is 34.1. The van der Waals surface area contributed by atoms with Crippen LogP contribution in [0.2, 0.25) is 0 Å². The summed E-state index contributed by atoms with van der Waals surface area (Å²) in [4.78, 5) is 23.9. The number of carbonyl (C=O) groups excluding carboxylic acids is 1. The summed E-state index contributed by atoms with van der Waals surface area (Å²) >= 11 is 0. The zero-order valence-corrected chi connectivity index (χ0v) is 21.9. The summed E-state index contributed by atoms with van der Waals surface area (Å²) in [5.41, 5.74) is 6.21. The van der Waals surface area contributed by atoms with Gasteiger partial charge in [0, 0.05) is 24.3 Å². The van der Waals surface area contributed by atoms with E-state index in [9.17, 15) is 14.7 Å². The van der Waals surface area contributed by atoms with Crippen LogP contribution in [0, 0.1) is 0 Å². The molecular formula is C34H30N2O4. The van der Waals surface area contributed by atoms with Crippen LogP contribution < -0.4 is 10.6 Å². The first-order valence-corrected chi connectivity index (χ1v) is 13.2. The predicted octanol–water partition coefficient (Wildman–Crippen LogP) is 6.54. The van der Waals surface area contributed by atoms with Crippen LogP contribution in [0.4, 0.5) is 5.69 Å². The fourth-order valence-corrected chi connectivity index (χ4v) is 4.68. The number of benzene rings is 5. The molecule has 0 aromatic heterocycles. The Morgan fingerprint density at radius 3 is 2.25 bits per heavy atom. The third kappa shape index (κ3) is 6.73. The van der Waals surface area contributed by atoms with Crippen LogP contribution in [0.15, 0.2) is 109 Å². The average molecular weight is 531 g/mol. The lowest BCUT2D eigenvalue weighted by Gasteiger charge is -2.10. The number of anilines is 1. The normalized spacial score (nSPS) is 10.9. The molecule has 6 nitrogen and oxygen atoms in total. The van der Waals surface area contributed by atoms with E-state index in [0.29, 0.717) is 24.2 Å². The Hall–Kier alpha value is -4.94. The van der Waals surface area contributed by atoms with Gasteiger partial charge in [0.2, 0.25) is 0 Å². The lowest BCUT2D eigenvalue weighted by Crippen LogP contribution is -2.22. The molecule has 0 spiro atoms. The van der Waals surface area contributed by atoms with E-state index in [1.165, 1.54) is 0 Å². The number of carboxylic acids is 1. The molecule has 5 aromatic carbocycles. The van der Waals surface area contributed by atoms with Gasteiger partial charge in [-0.05, 0) is 88.0 Å². The minimum atomic E-state index is -0.914. The van der Waals surface area contributed by atoms with Gasteiger partial charge >= 0.3 is 5.97 Å². The Balaban J connectivity index is 1.13. The van der Waals surface area contributed by atoms with Gasteiger partial charge in [-0.2, -0.15) is 0 Å². The van der Waals surface area contributed by atoms with Crippen LogP contribution in [0.3, 0.4) is 0 Å². The van der Waals surface area contributed by atoms with Crippen LogP contribution in [0.5, 0.6) is 5.75 Å². The number of phenolic OH excluding ortho intramolecular Hbond substituents is 1. The number of carboxylic acid groups (broad SMARTS) is 1. The zero-order chi connectivity index (χ0) is 27.9. The standard InChI is InChI=1S/C34H30N2O4/c37-32-14-11-27-19-29(8-7-28(27)20-32)33(38)22-35-21-24-4-2-5-26(18-24)25-9-12-31(13-10-25)36-16-15-23-3-1-6-30(17-23)34(39)40/h1-14,17-20,35-37H,15-16,21-22H2,(H,39,40). The summed E-state index contributed by atoms with van der Waals surface area (Å²) in [7, 11) is 0. The van der Waals surface area contributed by atoms with Gasteiger partial charge < -0.3 is 20.8 Å². The number of phenols is 1. The van der Waals surface area contributed by atoms with Crippen molar-refractivity contribution in [3.8, 4) is 16.9 Å². The number of nitrogens with one attached hydrogen (secondary N) is 2. The van der Waals surface area contributed by atoms with E-state index >= 15 is 0 Å². The number of carbonyl (C=O) groups is 2. The van der Waals surface area contributed by atoms with Crippen LogP contribution in [0.1, 0.15) is 31.8 Å². The van der Waals surface area contributed by atoms with Crippen molar-refractivity contribution < 1.29 is 19.8 Å². The Kier molecular flexibility index (Phi) is 8.18. The van der Waals surface area contributed by atoms with E-state index in [0.717, 1.165) is 45.1 Å². The number of fused-ring (bicyclic) bond motifs is 1. The molecule has 0 aliphatic rings. The van der Waals surface area contributed by atoms with Crippen molar-refractivity contribution >= 4 is 28.2 Å². The number of hydrogen-bond acceptors (Lipinski definition) is 5. The van der Waals surface area contributed by atoms with Crippen molar-refractivity contribution in [1.29, 1.82) is 0 Å². The predicted molar refractivity (Wildman–Crippen MR) is 159 cm³/mol. The SMILES string of the molecule is O=C(O)c1cccc(CCNc2ccc(-c3cccc(CNCC(=O)c4ccc5cc(O)ccc5c4)c3)cc2)c1. The third-order valence-corrected chi connectivity index (χ3v) is 6.82. The second-order valence-corrected chi connectivity index (χ2v) is 9.73. The number of aromatic carboxylic acids is 1. The van der Waals surface area contributed by atoms with Gasteiger partial charge in [0.05, 0.1) is 12.1 Å². The maximum Gasteiger partial charge on any atom is 0.335 e. The maximum absolute atomic E-state index is 12.7. The number of hydrogen-bond donors (Lipinski definition) is 4. The Morgan fingerprint density at radius 1 is 0.675 bits per heavy atom. The minimum absolute atomic E-state index is 0.0174. The van der Waals surface area contributed by atoms with Crippen molar-refractivity contribution in [1.82, 2.24) is 5.32 Å². The van der Waals surface area contributed by atoms with Crippen molar-refractivity contribution in [2.24, 2.45) is 0 Å². The fraction of sp³-hybridized carbons (Fsp3) is 0.118. The second kappa shape index (κ2) is 12.3. The highest BCUT2D eigenvalue weighted by molar-refractivity contribution is 6.01. The van der Waals surface area contributed by atoms with Crippen molar-refractivity contribution in [2.75, 3.05) is 18.4 Å². The highest BCUT2D eigenvalue weighted by Gasteiger charge is 2.08. The van der Waals surface area contributed by atoms with Crippen LogP contribution in [0.25, 0.3) is 21.9 Å². The van der Waals surface area contributed by atoms with Crippen molar-refractivity contribution in [3.63, 3.8) is 0 Å². The molecule has 0 heterocycles. The fourth-order valence-electron chi connectivity index (χ4n) is 4.68. The number of Topliss-reactive ketones (excluding diaryl/α,β-unsaturated/α-hetero) is 1. The summed E-state index contributed by atoms with van der Waals surface area (Å²) in [6.45, 7) is 1.50. The number of aromatic hydroxyl groups is 1. The molecule has 40 heavy (non-hydrogen) atoms. The molecular weight excluding hydrogens is 500 g/mol. The molecule has 6 heteroatoms. The van der Waals surface area contributed by atoms with E-state index < -0.39 is 5.97 Å². The van der Waals surface area contributed by atoms with Crippen LogP contribution >= 0.6 is 0 Å². The molecule has 0 bridgehead atoms. The van der Waals surface area contributed by atoms with E-state index in [4.69, 9.17) is 5.11 Å². The number of ketones is 1. The molecule has 0 unspecified atom stereocenters. The molecule has 0 radical (unpaired) electrons. The Morgan fingerprint density at radius 2 is 1.43 bits per heavy atom. The summed E-state index contributed by atoms with van der Waals surface area (Å²) < 4.78 is 0. The summed E-state index contributed by atoms with van der Waals surface area (Å²) in [5.74, 6) is -0.687. The maximum atomic E-state index is 12.7. The van der Waals surface area contributed by atoms with Crippen LogP contribution in [-0.2, 0) is 13.0 Å². The molecule has 0 atom stereocenters. The summed E-state index contributed by atoms with van der Waals surface area (Å²) in [6.07, 6.45) is 0.728. The van der Waals surface area contributed by atoms with Gasteiger partial charge in [-0.25, -0.2) is 4.79 Å². The lowest BCUT2D eigenvalue weighted by atomic mass is 10.0. The van der Waals surface area contributed by atoms with Gasteiger partial charge in [-0.1, -0.05) is 60.7 Å². The van der Waals surface area contributed by atoms with Gasteiger partial charge in [0.25, 0.3) is 0 Å². The molecule has 0 aliphatic heterocycles.